The van der Waals surface area contributed by atoms with Crippen molar-refractivity contribution in [1.82, 2.24) is 0 Å². The predicted molar refractivity (Wildman–Crippen MR) is 59.1 cm³/mol. The van der Waals surface area contributed by atoms with Gasteiger partial charge in [0.2, 0.25) is 0 Å². The summed E-state index contributed by atoms with van der Waals surface area (Å²) < 4.78 is 13.5. The molecule has 1 atom stereocenters. The lowest BCUT2D eigenvalue weighted by Gasteiger charge is -2.14. The van der Waals surface area contributed by atoms with E-state index in [4.69, 9.17) is 17.3 Å². The van der Waals surface area contributed by atoms with Crippen molar-refractivity contribution in [3.63, 3.8) is 0 Å². The fraction of sp³-hybridized carbons (Fsp3) is 0.400. The fourth-order valence-corrected chi connectivity index (χ4v) is 3.07. The van der Waals surface area contributed by atoms with E-state index in [-0.39, 0.29) is 11.9 Å². The highest BCUT2D eigenvalue weighted by molar-refractivity contribution is 7.98. The zero-order valence-electron chi connectivity index (χ0n) is 7.59. The second-order valence-electron chi connectivity index (χ2n) is 3.37. The first-order valence-electron chi connectivity index (χ1n) is 4.50. The Balaban J connectivity index is 2.57. The summed E-state index contributed by atoms with van der Waals surface area (Å²) in [5.41, 5.74) is 7.44. The van der Waals surface area contributed by atoms with Crippen molar-refractivity contribution in [3.05, 3.63) is 34.1 Å². The van der Waals surface area contributed by atoms with E-state index in [1.54, 1.807) is 17.8 Å². The number of thioether (sulfide) groups is 1. The second-order valence-corrected chi connectivity index (χ2v) is 4.88. The minimum absolute atomic E-state index is 0.122. The molecule has 0 spiro atoms. The summed E-state index contributed by atoms with van der Waals surface area (Å²) in [6.07, 6.45) is 0.862. The number of nitrogens with two attached hydrogens (primary N) is 1. The van der Waals surface area contributed by atoms with Crippen LogP contribution in [0.1, 0.15) is 23.6 Å². The predicted octanol–water partition coefficient (Wildman–Crippen LogP) is 3.12. The van der Waals surface area contributed by atoms with Gasteiger partial charge in [-0.1, -0.05) is 11.6 Å². The van der Waals surface area contributed by atoms with Gasteiger partial charge in [0.25, 0.3) is 0 Å². The van der Waals surface area contributed by atoms with Crippen LogP contribution < -0.4 is 5.73 Å². The number of fused-ring (bicyclic) bond motifs is 1. The quantitative estimate of drug-likeness (QED) is 0.743. The van der Waals surface area contributed by atoms with Gasteiger partial charge < -0.3 is 5.73 Å². The molecule has 2 rings (SSSR count). The largest absolute Gasteiger partial charge is 0.324 e. The fourth-order valence-electron chi connectivity index (χ4n) is 1.69. The molecule has 0 amide bonds. The van der Waals surface area contributed by atoms with Crippen molar-refractivity contribution in [2.45, 2.75) is 18.2 Å². The molecule has 1 aliphatic heterocycles. The molecule has 0 fully saturated rings. The van der Waals surface area contributed by atoms with E-state index in [0.29, 0.717) is 16.3 Å². The third-order valence-electron chi connectivity index (χ3n) is 2.44. The molecule has 0 aliphatic carbocycles. The summed E-state index contributed by atoms with van der Waals surface area (Å²) in [5.74, 6) is 1.45. The Morgan fingerprint density at radius 3 is 3.07 bits per heavy atom. The smallest absolute Gasteiger partial charge is 0.127 e. The van der Waals surface area contributed by atoms with Gasteiger partial charge in [-0.05, 0) is 29.9 Å². The van der Waals surface area contributed by atoms with Crippen molar-refractivity contribution in [3.8, 4) is 0 Å². The molecule has 1 aromatic rings. The minimum Gasteiger partial charge on any atom is -0.324 e. The summed E-state index contributed by atoms with van der Waals surface area (Å²) >= 11 is 7.73. The van der Waals surface area contributed by atoms with E-state index >= 15 is 0 Å². The van der Waals surface area contributed by atoms with Gasteiger partial charge in [0, 0.05) is 22.4 Å². The van der Waals surface area contributed by atoms with Crippen molar-refractivity contribution < 1.29 is 4.39 Å². The lowest BCUT2D eigenvalue weighted by atomic mass is 10.00. The molecular formula is C10H11ClFNS. The maximum Gasteiger partial charge on any atom is 0.127 e. The Kier molecular flexibility index (Phi) is 3.00. The van der Waals surface area contributed by atoms with Gasteiger partial charge in [-0.3, -0.25) is 0 Å². The van der Waals surface area contributed by atoms with Crippen LogP contribution in [-0.4, -0.2) is 5.75 Å². The molecule has 0 saturated carbocycles. The summed E-state index contributed by atoms with van der Waals surface area (Å²) in [6, 6.07) is 2.88. The third kappa shape index (κ3) is 1.76. The Morgan fingerprint density at radius 1 is 1.50 bits per heavy atom. The molecule has 2 N–H and O–H groups in total. The van der Waals surface area contributed by atoms with Gasteiger partial charge >= 0.3 is 0 Å². The van der Waals surface area contributed by atoms with Crippen molar-refractivity contribution in [1.29, 1.82) is 0 Å². The Bertz CT molecular complexity index is 356. The molecule has 0 radical (unpaired) electrons. The van der Waals surface area contributed by atoms with Crippen LogP contribution in [0.25, 0.3) is 0 Å². The monoisotopic (exact) mass is 231 g/mol. The Hall–Kier alpha value is -0.250. The molecule has 0 aromatic heterocycles. The molecule has 0 bridgehead atoms. The van der Waals surface area contributed by atoms with Crippen molar-refractivity contribution in [2.75, 3.05) is 5.75 Å². The van der Waals surface area contributed by atoms with Crippen LogP contribution in [0.2, 0.25) is 5.02 Å². The van der Waals surface area contributed by atoms with Crippen LogP contribution in [0.5, 0.6) is 0 Å². The molecule has 76 valence electrons. The van der Waals surface area contributed by atoms with Crippen molar-refractivity contribution in [2.24, 2.45) is 5.73 Å². The first-order valence-corrected chi connectivity index (χ1v) is 6.03. The van der Waals surface area contributed by atoms with Crippen LogP contribution in [0.3, 0.4) is 0 Å². The second kappa shape index (κ2) is 4.09. The normalized spacial score (nSPS) is 21.5. The van der Waals surface area contributed by atoms with Crippen LogP contribution in [-0.2, 0) is 5.75 Å². The number of hydrogen-bond donors (Lipinski definition) is 1. The zero-order chi connectivity index (χ0) is 10.1. The molecule has 1 unspecified atom stereocenters. The number of benzene rings is 1. The first-order chi connectivity index (χ1) is 6.70. The van der Waals surface area contributed by atoms with Gasteiger partial charge in [-0.15, -0.1) is 0 Å². The standard InChI is InChI=1S/C10H11ClFNS/c11-7-1-2-8(12)6-5-14-4-3-9(13)10(6)7/h1-2,9H,3-5,13H2. The average molecular weight is 232 g/mol. The third-order valence-corrected chi connectivity index (χ3v) is 3.78. The molecule has 4 heteroatoms. The number of hydrogen-bond acceptors (Lipinski definition) is 2. The molecule has 1 aromatic carbocycles. The number of halogens is 2. The van der Waals surface area contributed by atoms with E-state index in [9.17, 15) is 4.39 Å². The maximum absolute atomic E-state index is 13.5. The lowest BCUT2D eigenvalue weighted by Crippen LogP contribution is -2.12. The molecule has 1 nitrogen and oxygen atoms in total. The molecule has 1 aliphatic rings. The molecular weight excluding hydrogens is 221 g/mol. The first kappa shape index (κ1) is 10.3. The number of rotatable bonds is 0. The highest BCUT2D eigenvalue weighted by Crippen LogP contribution is 2.35. The van der Waals surface area contributed by atoms with Crippen LogP contribution in [0.4, 0.5) is 4.39 Å². The van der Waals surface area contributed by atoms with Crippen LogP contribution in [0, 0.1) is 5.82 Å². The van der Waals surface area contributed by atoms with E-state index in [2.05, 4.69) is 0 Å². The van der Waals surface area contributed by atoms with Gasteiger partial charge in [0.05, 0.1) is 0 Å². The lowest BCUT2D eigenvalue weighted by molar-refractivity contribution is 0.606. The summed E-state index contributed by atoms with van der Waals surface area (Å²) in [5, 5.41) is 0.594. The highest BCUT2D eigenvalue weighted by Gasteiger charge is 2.21. The van der Waals surface area contributed by atoms with Gasteiger partial charge in [0.15, 0.2) is 0 Å². The average Bonchev–Trinajstić information content (AvgIpc) is 2.35. The van der Waals surface area contributed by atoms with Crippen molar-refractivity contribution >= 4 is 23.4 Å². The van der Waals surface area contributed by atoms with Gasteiger partial charge in [-0.2, -0.15) is 11.8 Å². The highest BCUT2D eigenvalue weighted by atomic mass is 35.5. The van der Waals surface area contributed by atoms with E-state index in [1.807, 2.05) is 0 Å². The topological polar surface area (TPSA) is 26.0 Å². The van der Waals surface area contributed by atoms with Crippen LogP contribution >= 0.6 is 23.4 Å². The summed E-state index contributed by atoms with van der Waals surface area (Å²) in [6.45, 7) is 0. The Labute approximate surface area is 91.8 Å². The molecule has 1 heterocycles. The maximum atomic E-state index is 13.5. The SMILES string of the molecule is NC1CCSCc2c(F)ccc(Cl)c21. The summed E-state index contributed by atoms with van der Waals surface area (Å²) in [7, 11) is 0. The zero-order valence-corrected chi connectivity index (χ0v) is 9.17. The van der Waals surface area contributed by atoms with E-state index in [0.717, 1.165) is 17.7 Å². The van der Waals surface area contributed by atoms with E-state index in [1.165, 1.54) is 6.07 Å². The Morgan fingerprint density at radius 2 is 2.29 bits per heavy atom. The summed E-state index contributed by atoms with van der Waals surface area (Å²) in [4.78, 5) is 0. The molecule has 0 saturated heterocycles. The van der Waals surface area contributed by atoms with Crippen LogP contribution in [0.15, 0.2) is 12.1 Å². The molecule has 14 heavy (non-hydrogen) atoms. The van der Waals surface area contributed by atoms with E-state index < -0.39 is 0 Å². The minimum atomic E-state index is -0.186. The van der Waals surface area contributed by atoms with Gasteiger partial charge in [0.1, 0.15) is 5.82 Å². The van der Waals surface area contributed by atoms with Gasteiger partial charge in [-0.25, -0.2) is 4.39 Å².